The van der Waals surface area contributed by atoms with Gasteiger partial charge in [-0.15, -0.1) is 0 Å². The van der Waals surface area contributed by atoms with Crippen LogP contribution in [0.3, 0.4) is 0 Å². The van der Waals surface area contributed by atoms with E-state index in [0.29, 0.717) is 31.3 Å². The van der Waals surface area contributed by atoms with Gasteiger partial charge in [0.25, 0.3) is 0 Å². The standard InChI is InChI=1S/C18H16N4O4/c1-25-13-5-2-11(3-6-13)16-20-18(26-21-16)22-9-8-14-12(10-22)4-7-15(19-14)17(23)24/h2-7H,8-10H2,1H3,(H,23,24). The third kappa shape index (κ3) is 2.97. The van der Waals surface area contributed by atoms with E-state index in [1.165, 1.54) is 6.07 Å². The summed E-state index contributed by atoms with van der Waals surface area (Å²) >= 11 is 0. The number of carbonyl (C=O) groups is 1. The summed E-state index contributed by atoms with van der Waals surface area (Å²) in [6.45, 7) is 1.18. The minimum absolute atomic E-state index is 0.0665. The number of carboxylic acids is 1. The van der Waals surface area contributed by atoms with Gasteiger partial charge in [-0.3, -0.25) is 0 Å². The fourth-order valence-electron chi connectivity index (χ4n) is 2.90. The number of hydrogen-bond donors (Lipinski definition) is 1. The molecule has 0 saturated carbocycles. The van der Waals surface area contributed by atoms with Gasteiger partial charge < -0.3 is 19.3 Å². The number of aromatic nitrogens is 3. The van der Waals surface area contributed by atoms with Crippen LogP contribution in [0.4, 0.5) is 6.01 Å². The fourth-order valence-corrected chi connectivity index (χ4v) is 2.90. The van der Waals surface area contributed by atoms with E-state index < -0.39 is 5.97 Å². The van der Waals surface area contributed by atoms with Crippen LogP contribution >= 0.6 is 0 Å². The molecule has 8 heteroatoms. The zero-order chi connectivity index (χ0) is 18.1. The van der Waals surface area contributed by atoms with Crippen molar-refractivity contribution in [2.75, 3.05) is 18.6 Å². The summed E-state index contributed by atoms with van der Waals surface area (Å²) in [6.07, 6.45) is 0.622. The highest BCUT2D eigenvalue weighted by atomic mass is 16.5. The van der Waals surface area contributed by atoms with E-state index in [2.05, 4.69) is 15.1 Å². The van der Waals surface area contributed by atoms with Gasteiger partial charge in [0.05, 0.1) is 7.11 Å². The Morgan fingerprint density at radius 1 is 1.19 bits per heavy atom. The summed E-state index contributed by atoms with van der Waals surface area (Å²) < 4.78 is 10.6. The van der Waals surface area contributed by atoms with Crippen molar-refractivity contribution >= 4 is 12.0 Å². The maximum Gasteiger partial charge on any atom is 0.354 e. The Morgan fingerprint density at radius 2 is 2.00 bits per heavy atom. The molecule has 0 fully saturated rings. The van der Waals surface area contributed by atoms with E-state index in [-0.39, 0.29) is 5.69 Å². The second-order valence-corrected chi connectivity index (χ2v) is 5.91. The molecular weight excluding hydrogens is 336 g/mol. The van der Waals surface area contributed by atoms with Crippen LogP contribution in [0.5, 0.6) is 5.75 Å². The Morgan fingerprint density at radius 3 is 2.73 bits per heavy atom. The number of ether oxygens (including phenoxy) is 1. The van der Waals surface area contributed by atoms with E-state index >= 15 is 0 Å². The summed E-state index contributed by atoms with van der Waals surface area (Å²) in [4.78, 5) is 21.7. The predicted molar refractivity (Wildman–Crippen MR) is 92.2 cm³/mol. The van der Waals surface area contributed by atoms with Gasteiger partial charge in [0.2, 0.25) is 5.82 Å². The molecule has 0 atom stereocenters. The number of aromatic carboxylic acids is 1. The molecule has 1 aliphatic heterocycles. The molecule has 0 amide bonds. The highest BCUT2D eigenvalue weighted by Gasteiger charge is 2.23. The van der Waals surface area contributed by atoms with E-state index in [0.717, 1.165) is 22.6 Å². The SMILES string of the molecule is COc1ccc(-c2noc(N3CCc4nc(C(=O)O)ccc4C3)n2)cc1. The first-order valence-corrected chi connectivity index (χ1v) is 8.09. The first-order valence-electron chi connectivity index (χ1n) is 8.09. The van der Waals surface area contributed by atoms with Crippen LogP contribution in [0.25, 0.3) is 11.4 Å². The molecule has 0 unspecified atom stereocenters. The number of pyridine rings is 1. The van der Waals surface area contributed by atoms with Crippen molar-refractivity contribution in [2.45, 2.75) is 13.0 Å². The van der Waals surface area contributed by atoms with Crippen molar-refractivity contribution in [3.63, 3.8) is 0 Å². The lowest BCUT2D eigenvalue weighted by Crippen LogP contribution is -2.31. The summed E-state index contributed by atoms with van der Waals surface area (Å²) in [6, 6.07) is 11.2. The molecule has 1 N–H and O–H groups in total. The number of rotatable bonds is 4. The molecule has 0 bridgehead atoms. The Kier molecular flexibility index (Phi) is 4.00. The lowest BCUT2D eigenvalue weighted by atomic mass is 10.1. The van der Waals surface area contributed by atoms with Gasteiger partial charge in [-0.25, -0.2) is 9.78 Å². The molecule has 0 aliphatic carbocycles. The van der Waals surface area contributed by atoms with Gasteiger partial charge in [-0.1, -0.05) is 11.2 Å². The molecule has 0 saturated heterocycles. The molecule has 132 valence electrons. The van der Waals surface area contributed by atoms with Crippen LogP contribution in [0, 0.1) is 0 Å². The molecule has 0 spiro atoms. The number of benzene rings is 1. The average molecular weight is 352 g/mol. The van der Waals surface area contributed by atoms with Crippen molar-refractivity contribution < 1.29 is 19.2 Å². The van der Waals surface area contributed by atoms with Crippen molar-refractivity contribution in [1.29, 1.82) is 0 Å². The van der Waals surface area contributed by atoms with Gasteiger partial charge in [0, 0.05) is 30.8 Å². The number of fused-ring (bicyclic) bond motifs is 1. The number of anilines is 1. The average Bonchev–Trinajstić information content (AvgIpc) is 3.17. The van der Waals surface area contributed by atoms with Crippen molar-refractivity contribution in [1.82, 2.24) is 15.1 Å². The van der Waals surface area contributed by atoms with Gasteiger partial charge >= 0.3 is 12.0 Å². The quantitative estimate of drug-likeness (QED) is 0.764. The smallest absolute Gasteiger partial charge is 0.354 e. The minimum Gasteiger partial charge on any atom is -0.497 e. The Labute approximate surface area is 149 Å². The fraction of sp³-hybridized carbons (Fsp3) is 0.222. The van der Waals surface area contributed by atoms with Crippen LogP contribution in [-0.2, 0) is 13.0 Å². The number of hydrogen-bond acceptors (Lipinski definition) is 7. The van der Waals surface area contributed by atoms with Crippen molar-refractivity contribution in [3.05, 3.63) is 53.3 Å². The number of carboxylic acid groups (broad SMARTS) is 1. The molecule has 0 radical (unpaired) electrons. The van der Waals surface area contributed by atoms with Gasteiger partial charge in [-0.2, -0.15) is 4.98 Å². The first-order chi connectivity index (χ1) is 12.6. The maximum atomic E-state index is 11.0. The van der Waals surface area contributed by atoms with Gasteiger partial charge in [0.15, 0.2) is 0 Å². The highest BCUT2D eigenvalue weighted by molar-refractivity contribution is 5.85. The second-order valence-electron chi connectivity index (χ2n) is 5.91. The summed E-state index contributed by atoms with van der Waals surface area (Å²) in [7, 11) is 1.62. The number of nitrogens with zero attached hydrogens (tertiary/aromatic N) is 4. The monoisotopic (exact) mass is 352 g/mol. The molecule has 8 nitrogen and oxygen atoms in total. The zero-order valence-electron chi connectivity index (χ0n) is 14.0. The normalized spacial score (nSPS) is 13.3. The number of methoxy groups -OCH3 is 1. The second kappa shape index (κ2) is 6.47. The zero-order valence-corrected chi connectivity index (χ0v) is 14.0. The third-order valence-electron chi connectivity index (χ3n) is 4.30. The largest absolute Gasteiger partial charge is 0.497 e. The van der Waals surface area contributed by atoms with Crippen LogP contribution in [0.2, 0.25) is 0 Å². The summed E-state index contributed by atoms with van der Waals surface area (Å²) in [5.74, 6) is 0.252. The highest BCUT2D eigenvalue weighted by Crippen LogP contribution is 2.26. The van der Waals surface area contributed by atoms with Crippen LogP contribution in [-0.4, -0.2) is 39.9 Å². The van der Waals surface area contributed by atoms with Crippen molar-refractivity contribution in [2.24, 2.45) is 0 Å². The Balaban J connectivity index is 1.54. The molecule has 26 heavy (non-hydrogen) atoms. The van der Waals surface area contributed by atoms with E-state index in [1.54, 1.807) is 13.2 Å². The van der Waals surface area contributed by atoms with Crippen molar-refractivity contribution in [3.8, 4) is 17.1 Å². The van der Waals surface area contributed by atoms with E-state index in [9.17, 15) is 4.79 Å². The molecule has 1 aliphatic rings. The lowest BCUT2D eigenvalue weighted by molar-refractivity contribution is 0.0690. The van der Waals surface area contributed by atoms with Crippen LogP contribution in [0.1, 0.15) is 21.7 Å². The topological polar surface area (TPSA) is 102 Å². The van der Waals surface area contributed by atoms with E-state index in [1.807, 2.05) is 29.2 Å². The molecule has 3 aromatic rings. The lowest BCUT2D eigenvalue weighted by Gasteiger charge is -2.26. The molecule has 3 heterocycles. The predicted octanol–water partition coefficient (Wildman–Crippen LogP) is 2.40. The molecular formula is C18H16N4O4. The Bertz CT molecular complexity index is 952. The maximum absolute atomic E-state index is 11.0. The molecule has 4 rings (SSSR count). The first kappa shape index (κ1) is 16.1. The molecule has 1 aromatic carbocycles. The Hall–Kier alpha value is -3.42. The minimum atomic E-state index is -1.02. The third-order valence-corrected chi connectivity index (χ3v) is 4.30. The van der Waals surface area contributed by atoms with Gasteiger partial charge in [-0.05, 0) is 35.9 Å². The van der Waals surface area contributed by atoms with Crippen LogP contribution < -0.4 is 9.64 Å². The van der Waals surface area contributed by atoms with Crippen LogP contribution in [0.15, 0.2) is 40.9 Å². The summed E-state index contributed by atoms with van der Waals surface area (Å²) in [5, 5.41) is 13.1. The summed E-state index contributed by atoms with van der Waals surface area (Å²) in [5.41, 5.74) is 2.67. The van der Waals surface area contributed by atoms with Gasteiger partial charge in [0.1, 0.15) is 11.4 Å². The molecule has 2 aromatic heterocycles. The van der Waals surface area contributed by atoms with E-state index in [4.69, 9.17) is 14.4 Å².